The summed E-state index contributed by atoms with van der Waals surface area (Å²) in [6.07, 6.45) is 0. The minimum Gasteiger partial charge on any atom is -0.322 e. The molecule has 4 aromatic rings. The van der Waals surface area contributed by atoms with Crippen molar-refractivity contribution in [3.8, 4) is 0 Å². The molecule has 0 aromatic heterocycles. The van der Waals surface area contributed by atoms with E-state index < -0.39 is 17.2 Å². The van der Waals surface area contributed by atoms with Crippen molar-refractivity contribution in [1.82, 2.24) is 0 Å². The summed E-state index contributed by atoms with van der Waals surface area (Å²) in [5.74, 6) is -1.99. The number of imide groups is 1. The van der Waals surface area contributed by atoms with E-state index in [9.17, 15) is 14.4 Å². The number of anilines is 2. The number of carbonyl (C=O) groups is 3. The smallest absolute Gasteiger partial charge is 0.257 e. The Hall–Kier alpha value is -4.22. The first-order valence-electron chi connectivity index (χ1n) is 13.1. The summed E-state index contributed by atoms with van der Waals surface area (Å²) in [7, 11) is 0. The molecule has 4 aromatic carbocycles. The highest BCUT2D eigenvalue weighted by Crippen LogP contribution is 2.67. The molecule has 0 saturated carbocycles. The summed E-state index contributed by atoms with van der Waals surface area (Å²) in [6, 6.07) is 28.4. The third-order valence-corrected chi connectivity index (χ3v) is 9.33. The highest BCUT2D eigenvalue weighted by Gasteiger charge is 2.69. The third kappa shape index (κ3) is 3.11. The van der Waals surface area contributed by atoms with Gasteiger partial charge in [-0.2, -0.15) is 0 Å². The Kier molecular flexibility index (Phi) is 5.13. The number of hydrogen-bond acceptors (Lipinski definition) is 3. The first kappa shape index (κ1) is 23.9. The zero-order valence-electron chi connectivity index (χ0n) is 21.4. The van der Waals surface area contributed by atoms with E-state index in [1.165, 1.54) is 4.90 Å². The first-order chi connectivity index (χ1) is 18.8. The Morgan fingerprint density at radius 1 is 0.821 bits per heavy atom. The van der Waals surface area contributed by atoms with Gasteiger partial charge in [-0.3, -0.25) is 14.4 Å². The van der Waals surface area contributed by atoms with Crippen molar-refractivity contribution in [2.75, 3.05) is 10.2 Å². The van der Waals surface area contributed by atoms with Crippen molar-refractivity contribution in [2.45, 2.75) is 25.7 Å². The average Bonchev–Trinajstić information content (AvgIpc) is 3.16. The number of hydrogen-bond donors (Lipinski definition) is 1. The van der Waals surface area contributed by atoms with Crippen molar-refractivity contribution < 1.29 is 14.4 Å². The van der Waals surface area contributed by atoms with E-state index in [1.54, 1.807) is 42.5 Å². The number of amides is 3. The molecule has 0 radical (unpaired) electrons. The normalized spacial score (nSPS) is 24.3. The molecular formula is C33H25ClN2O3. The third-order valence-electron chi connectivity index (χ3n) is 8.92. The summed E-state index contributed by atoms with van der Waals surface area (Å²) >= 11 is 6.26. The fourth-order valence-corrected chi connectivity index (χ4v) is 7.31. The maximum absolute atomic E-state index is 14.5. The molecule has 4 aliphatic rings. The summed E-state index contributed by atoms with van der Waals surface area (Å²) in [5.41, 5.74) is 5.31. The van der Waals surface area contributed by atoms with Crippen LogP contribution in [-0.4, -0.2) is 17.7 Å². The van der Waals surface area contributed by atoms with Gasteiger partial charge < -0.3 is 5.32 Å². The summed E-state index contributed by atoms with van der Waals surface area (Å²) in [4.78, 5) is 43.6. The second-order valence-electron chi connectivity index (χ2n) is 10.8. The van der Waals surface area contributed by atoms with E-state index >= 15 is 0 Å². The zero-order valence-corrected chi connectivity index (χ0v) is 22.2. The van der Waals surface area contributed by atoms with Crippen LogP contribution in [0.4, 0.5) is 11.4 Å². The van der Waals surface area contributed by atoms with Crippen LogP contribution in [0.15, 0.2) is 91.0 Å². The van der Waals surface area contributed by atoms with Crippen molar-refractivity contribution in [2.24, 2.45) is 11.3 Å². The first-order valence-corrected chi connectivity index (χ1v) is 13.4. The molecule has 0 spiro atoms. The van der Waals surface area contributed by atoms with Crippen LogP contribution in [0.1, 0.15) is 56.9 Å². The van der Waals surface area contributed by atoms with E-state index in [-0.39, 0.29) is 29.2 Å². The fourth-order valence-electron chi connectivity index (χ4n) is 7.14. The molecule has 1 heterocycles. The Morgan fingerprint density at radius 2 is 1.41 bits per heavy atom. The molecular weight excluding hydrogens is 508 g/mol. The van der Waals surface area contributed by atoms with Crippen LogP contribution in [-0.2, 0) is 9.59 Å². The van der Waals surface area contributed by atoms with Crippen molar-refractivity contribution in [3.05, 3.63) is 129 Å². The van der Waals surface area contributed by atoms with E-state index in [1.807, 2.05) is 38.1 Å². The van der Waals surface area contributed by atoms with Crippen LogP contribution in [0, 0.1) is 18.3 Å². The van der Waals surface area contributed by atoms with Crippen LogP contribution in [0.25, 0.3) is 0 Å². The Labute approximate surface area is 231 Å². The average molecular weight is 533 g/mol. The van der Waals surface area contributed by atoms with Gasteiger partial charge in [-0.25, -0.2) is 4.90 Å². The molecule has 2 bridgehead atoms. The Morgan fingerprint density at radius 3 is 2.08 bits per heavy atom. The van der Waals surface area contributed by atoms with E-state index in [4.69, 9.17) is 11.6 Å². The molecule has 3 aliphatic carbocycles. The Bertz CT molecular complexity index is 1680. The van der Waals surface area contributed by atoms with Crippen LogP contribution >= 0.6 is 11.6 Å². The number of benzene rings is 4. The quantitative estimate of drug-likeness (QED) is 0.299. The number of carbonyl (C=O) groups excluding carboxylic acids is 3. The van der Waals surface area contributed by atoms with Gasteiger partial charge >= 0.3 is 0 Å². The minimum atomic E-state index is -0.975. The summed E-state index contributed by atoms with van der Waals surface area (Å²) < 4.78 is 0. The number of nitrogens with zero attached hydrogens (tertiary/aromatic N) is 1. The van der Waals surface area contributed by atoms with E-state index in [0.29, 0.717) is 16.4 Å². The van der Waals surface area contributed by atoms with Gasteiger partial charge in [0.25, 0.3) is 5.91 Å². The minimum absolute atomic E-state index is 0.232. The fraction of sp³-hybridized carbons (Fsp3) is 0.182. The predicted octanol–water partition coefficient (Wildman–Crippen LogP) is 6.69. The lowest BCUT2D eigenvalue weighted by molar-refractivity contribution is -0.128. The number of halogens is 1. The van der Waals surface area contributed by atoms with Crippen LogP contribution in [0.5, 0.6) is 0 Å². The van der Waals surface area contributed by atoms with Crippen molar-refractivity contribution in [1.29, 1.82) is 0 Å². The number of nitrogens with one attached hydrogen (secondary N) is 1. The topological polar surface area (TPSA) is 66.5 Å². The lowest BCUT2D eigenvalue weighted by Crippen LogP contribution is -2.49. The molecule has 2 atom stereocenters. The van der Waals surface area contributed by atoms with Gasteiger partial charge in [-0.15, -0.1) is 0 Å². The lowest BCUT2D eigenvalue weighted by atomic mass is 9.48. The van der Waals surface area contributed by atoms with E-state index in [2.05, 4.69) is 29.6 Å². The van der Waals surface area contributed by atoms with Gasteiger partial charge in [0.2, 0.25) is 11.8 Å². The van der Waals surface area contributed by atoms with Crippen LogP contribution in [0.2, 0.25) is 5.02 Å². The predicted molar refractivity (Wildman–Crippen MR) is 151 cm³/mol. The van der Waals surface area contributed by atoms with Crippen LogP contribution < -0.4 is 10.2 Å². The van der Waals surface area contributed by atoms with Crippen molar-refractivity contribution in [3.63, 3.8) is 0 Å². The van der Waals surface area contributed by atoms with Gasteiger partial charge in [-0.1, -0.05) is 78.3 Å². The lowest BCUT2D eigenvalue weighted by Gasteiger charge is -2.51. The highest BCUT2D eigenvalue weighted by molar-refractivity contribution is 6.32. The van der Waals surface area contributed by atoms with Gasteiger partial charge in [0.15, 0.2) is 0 Å². The largest absolute Gasteiger partial charge is 0.322 e. The Balaban J connectivity index is 1.35. The number of rotatable bonds is 3. The maximum atomic E-state index is 14.5. The molecule has 192 valence electrons. The van der Waals surface area contributed by atoms with Gasteiger partial charge in [-0.05, 0) is 65.9 Å². The van der Waals surface area contributed by atoms with Gasteiger partial charge in [0, 0.05) is 22.5 Å². The molecule has 0 unspecified atom stereocenters. The van der Waals surface area contributed by atoms with Crippen LogP contribution in [0.3, 0.4) is 0 Å². The van der Waals surface area contributed by atoms with E-state index in [0.717, 1.165) is 27.8 Å². The molecule has 1 N–H and O–H groups in total. The van der Waals surface area contributed by atoms with Gasteiger partial charge in [0.1, 0.15) is 0 Å². The second kappa shape index (κ2) is 8.39. The molecule has 1 saturated heterocycles. The SMILES string of the molecule is Cc1c(Cl)cccc1NC(=O)c1ccccc1N1C(=O)[C@@H]2C3c4ccccc4C(c4ccccc43)[C@@]2(C)C1=O. The second-order valence-corrected chi connectivity index (χ2v) is 11.2. The molecule has 3 amide bonds. The molecule has 5 nitrogen and oxygen atoms in total. The molecule has 39 heavy (non-hydrogen) atoms. The monoisotopic (exact) mass is 532 g/mol. The summed E-state index contributed by atoms with van der Waals surface area (Å²) in [6.45, 7) is 3.76. The molecule has 1 fully saturated rings. The standard InChI is InChI=1S/C33H25ClN2O3/c1-18-24(34)15-9-16-25(18)35-30(37)23-14-7-8-17-26(23)36-31(38)29-27-19-10-3-5-12-21(19)28(33(29,2)32(36)39)22-13-6-4-11-20(22)27/h3-17,27-29H,1-2H3,(H,35,37)/t27?,28?,29-,33+/m0/s1. The zero-order chi connectivity index (χ0) is 27.1. The van der Waals surface area contributed by atoms with Gasteiger partial charge in [0.05, 0.1) is 22.6 Å². The van der Waals surface area contributed by atoms with Crippen molar-refractivity contribution >= 4 is 40.7 Å². The molecule has 1 aliphatic heterocycles. The molecule has 6 heteroatoms. The highest BCUT2D eigenvalue weighted by atomic mass is 35.5. The number of para-hydroxylation sites is 1. The maximum Gasteiger partial charge on any atom is 0.257 e. The molecule has 8 rings (SSSR count). The summed E-state index contributed by atoms with van der Waals surface area (Å²) in [5, 5.41) is 3.46.